The molecule has 1 aromatic heterocycles. The molecule has 0 bridgehead atoms. The lowest BCUT2D eigenvalue weighted by Gasteiger charge is -2.33. The van der Waals surface area contributed by atoms with Crippen molar-refractivity contribution in [1.82, 2.24) is 14.7 Å². The van der Waals surface area contributed by atoms with Crippen LogP contribution in [0, 0.1) is 6.92 Å². The van der Waals surface area contributed by atoms with E-state index < -0.39 is 11.7 Å². The Kier molecular flexibility index (Phi) is 5.67. The van der Waals surface area contributed by atoms with E-state index in [0.717, 1.165) is 31.4 Å². The molecule has 1 fully saturated rings. The smallest absolute Gasteiger partial charge is 0.375 e. The summed E-state index contributed by atoms with van der Waals surface area (Å²) in [7, 11) is 0. The molecule has 1 saturated heterocycles. The second-order valence-corrected chi connectivity index (χ2v) is 6.70. The Labute approximate surface area is 151 Å². The van der Waals surface area contributed by atoms with E-state index in [-0.39, 0.29) is 6.10 Å². The maximum absolute atomic E-state index is 12.9. The lowest BCUT2D eigenvalue weighted by Crippen LogP contribution is -2.42. The van der Waals surface area contributed by atoms with Gasteiger partial charge >= 0.3 is 6.18 Å². The maximum atomic E-state index is 12.9. The van der Waals surface area contributed by atoms with Gasteiger partial charge in [-0.05, 0) is 31.9 Å². The number of benzene rings is 1. The van der Waals surface area contributed by atoms with Crippen LogP contribution < -0.4 is 0 Å². The molecule has 4 nitrogen and oxygen atoms in total. The largest absolute Gasteiger partial charge is 0.416 e. The summed E-state index contributed by atoms with van der Waals surface area (Å²) in [6.45, 7) is 7.85. The van der Waals surface area contributed by atoms with Crippen molar-refractivity contribution in [2.45, 2.75) is 45.6 Å². The van der Waals surface area contributed by atoms with E-state index in [1.807, 2.05) is 10.9 Å². The second kappa shape index (κ2) is 7.80. The molecule has 0 amide bonds. The first-order chi connectivity index (χ1) is 12.4. The summed E-state index contributed by atoms with van der Waals surface area (Å²) in [6, 6.07) is 5.51. The highest BCUT2D eigenvalue weighted by Crippen LogP contribution is 2.30. The Bertz CT molecular complexity index is 742. The minimum Gasteiger partial charge on any atom is -0.375 e. The van der Waals surface area contributed by atoms with Crippen LogP contribution in [0.3, 0.4) is 0 Å². The highest BCUT2D eigenvalue weighted by molar-refractivity contribution is 5.26. The van der Waals surface area contributed by atoms with E-state index in [2.05, 4.69) is 23.8 Å². The van der Waals surface area contributed by atoms with Crippen molar-refractivity contribution in [3.05, 3.63) is 52.8 Å². The molecular formula is C19H24F3N3O. The SMILES string of the molecule is CCn1ncc(CN2CCOC(Cc3cccc(C(F)(F)F)c3)C2)c1C. The quantitative estimate of drug-likeness (QED) is 0.808. The van der Waals surface area contributed by atoms with Crippen LogP contribution in [0.2, 0.25) is 0 Å². The fourth-order valence-electron chi connectivity index (χ4n) is 3.39. The van der Waals surface area contributed by atoms with Gasteiger partial charge < -0.3 is 4.74 Å². The van der Waals surface area contributed by atoms with Crippen LogP contribution in [0.15, 0.2) is 30.5 Å². The van der Waals surface area contributed by atoms with Crippen LogP contribution in [-0.2, 0) is 30.4 Å². The van der Waals surface area contributed by atoms with Gasteiger partial charge in [0.25, 0.3) is 0 Å². The molecule has 0 spiro atoms. The third-order valence-electron chi connectivity index (χ3n) is 4.84. The molecule has 1 aliphatic heterocycles. The van der Waals surface area contributed by atoms with E-state index in [1.54, 1.807) is 6.07 Å². The fourth-order valence-corrected chi connectivity index (χ4v) is 3.39. The first-order valence-corrected chi connectivity index (χ1v) is 8.88. The molecule has 26 heavy (non-hydrogen) atoms. The van der Waals surface area contributed by atoms with Crippen LogP contribution in [0.5, 0.6) is 0 Å². The summed E-state index contributed by atoms with van der Waals surface area (Å²) in [5.74, 6) is 0. The van der Waals surface area contributed by atoms with Gasteiger partial charge in [-0.15, -0.1) is 0 Å². The number of morpholine rings is 1. The first kappa shape index (κ1) is 18.9. The standard InChI is InChI=1S/C19H24F3N3O/c1-3-25-14(2)16(11-23-25)12-24-7-8-26-18(13-24)10-15-5-4-6-17(9-15)19(20,21)22/h4-6,9,11,18H,3,7-8,10,12-13H2,1-2H3. The van der Waals surface area contributed by atoms with Crippen LogP contribution in [0.25, 0.3) is 0 Å². The van der Waals surface area contributed by atoms with Gasteiger partial charge in [-0.25, -0.2) is 0 Å². The molecule has 1 aliphatic rings. The van der Waals surface area contributed by atoms with Crippen LogP contribution >= 0.6 is 0 Å². The number of alkyl halides is 3. The number of aromatic nitrogens is 2. The molecular weight excluding hydrogens is 343 g/mol. The van der Waals surface area contributed by atoms with Gasteiger partial charge in [0.1, 0.15) is 0 Å². The van der Waals surface area contributed by atoms with Gasteiger partial charge in [0.2, 0.25) is 0 Å². The van der Waals surface area contributed by atoms with Crippen LogP contribution in [-0.4, -0.2) is 40.5 Å². The molecule has 1 aromatic carbocycles. The zero-order chi connectivity index (χ0) is 18.7. The van der Waals surface area contributed by atoms with Gasteiger partial charge in [0.05, 0.1) is 24.5 Å². The predicted octanol–water partition coefficient (Wildman–Crippen LogP) is 3.67. The van der Waals surface area contributed by atoms with Gasteiger partial charge in [-0.3, -0.25) is 9.58 Å². The average Bonchev–Trinajstić information content (AvgIpc) is 2.95. The van der Waals surface area contributed by atoms with E-state index in [1.165, 1.54) is 17.7 Å². The second-order valence-electron chi connectivity index (χ2n) is 6.70. The minimum atomic E-state index is -4.31. The third kappa shape index (κ3) is 4.45. The van der Waals surface area contributed by atoms with Crippen molar-refractivity contribution >= 4 is 0 Å². The van der Waals surface area contributed by atoms with E-state index in [9.17, 15) is 13.2 Å². The molecule has 3 rings (SSSR count). The van der Waals surface area contributed by atoms with Crippen molar-refractivity contribution in [3.8, 4) is 0 Å². The molecule has 0 saturated carbocycles. The Morgan fingerprint density at radius 2 is 2.12 bits per heavy atom. The molecule has 0 N–H and O–H groups in total. The van der Waals surface area contributed by atoms with Crippen molar-refractivity contribution in [1.29, 1.82) is 0 Å². The number of hydrogen-bond donors (Lipinski definition) is 0. The van der Waals surface area contributed by atoms with Crippen molar-refractivity contribution < 1.29 is 17.9 Å². The molecule has 142 valence electrons. The Hall–Kier alpha value is -1.86. The third-order valence-corrected chi connectivity index (χ3v) is 4.84. The Balaban J connectivity index is 1.63. The first-order valence-electron chi connectivity index (χ1n) is 8.88. The summed E-state index contributed by atoms with van der Waals surface area (Å²) < 4.78 is 46.4. The summed E-state index contributed by atoms with van der Waals surface area (Å²) in [5, 5.41) is 4.37. The van der Waals surface area contributed by atoms with E-state index >= 15 is 0 Å². The molecule has 7 heteroatoms. The number of aryl methyl sites for hydroxylation is 1. The lowest BCUT2D eigenvalue weighted by atomic mass is 10.0. The number of rotatable bonds is 5. The number of halogens is 3. The van der Waals surface area contributed by atoms with Gasteiger partial charge in [-0.2, -0.15) is 18.3 Å². The molecule has 1 unspecified atom stereocenters. The summed E-state index contributed by atoms with van der Waals surface area (Å²) in [4.78, 5) is 2.28. The monoisotopic (exact) mass is 367 g/mol. The zero-order valence-electron chi connectivity index (χ0n) is 15.1. The fraction of sp³-hybridized carbons (Fsp3) is 0.526. The van der Waals surface area contributed by atoms with Gasteiger partial charge in [0.15, 0.2) is 0 Å². The molecule has 0 aliphatic carbocycles. The maximum Gasteiger partial charge on any atom is 0.416 e. The Morgan fingerprint density at radius 1 is 1.31 bits per heavy atom. The predicted molar refractivity (Wildman–Crippen MR) is 92.8 cm³/mol. The minimum absolute atomic E-state index is 0.103. The average molecular weight is 367 g/mol. The highest BCUT2D eigenvalue weighted by Gasteiger charge is 2.30. The van der Waals surface area contributed by atoms with E-state index in [0.29, 0.717) is 25.1 Å². The summed E-state index contributed by atoms with van der Waals surface area (Å²) in [5.41, 5.74) is 2.40. The zero-order valence-corrected chi connectivity index (χ0v) is 15.1. The van der Waals surface area contributed by atoms with Crippen molar-refractivity contribution in [3.63, 3.8) is 0 Å². The summed E-state index contributed by atoms with van der Waals surface area (Å²) in [6.07, 6.45) is -2.04. The van der Waals surface area contributed by atoms with Crippen molar-refractivity contribution in [2.75, 3.05) is 19.7 Å². The van der Waals surface area contributed by atoms with Gasteiger partial charge in [-0.1, -0.05) is 18.2 Å². The van der Waals surface area contributed by atoms with Crippen molar-refractivity contribution in [2.24, 2.45) is 0 Å². The molecule has 2 aromatic rings. The van der Waals surface area contributed by atoms with Crippen LogP contribution in [0.1, 0.15) is 29.3 Å². The van der Waals surface area contributed by atoms with Crippen LogP contribution in [0.4, 0.5) is 13.2 Å². The number of nitrogens with zero attached hydrogens (tertiary/aromatic N) is 3. The molecule has 0 radical (unpaired) electrons. The number of ether oxygens (including phenoxy) is 1. The van der Waals surface area contributed by atoms with E-state index in [4.69, 9.17) is 4.74 Å². The molecule has 2 heterocycles. The number of hydrogen-bond acceptors (Lipinski definition) is 3. The summed E-state index contributed by atoms with van der Waals surface area (Å²) >= 11 is 0. The lowest BCUT2D eigenvalue weighted by molar-refractivity contribution is -0.137. The Morgan fingerprint density at radius 3 is 2.81 bits per heavy atom. The normalized spacial score (nSPS) is 19.0. The van der Waals surface area contributed by atoms with Gasteiger partial charge in [0, 0.05) is 37.4 Å². The molecule has 1 atom stereocenters. The topological polar surface area (TPSA) is 30.3 Å². The highest BCUT2D eigenvalue weighted by atomic mass is 19.4.